The highest BCUT2D eigenvalue weighted by Gasteiger charge is 2.27. The van der Waals surface area contributed by atoms with Gasteiger partial charge in [0.1, 0.15) is 5.56 Å². The minimum Gasteiger partial charge on any atom is -0.267 e. The summed E-state index contributed by atoms with van der Waals surface area (Å²) < 4.78 is 4.23. The lowest BCUT2D eigenvalue weighted by atomic mass is 10.0. The van der Waals surface area contributed by atoms with Gasteiger partial charge in [-0.25, -0.2) is 14.6 Å². The van der Waals surface area contributed by atoms with Gasteiger partial charge in [0, 0.05) is 11.8 Å². The summed E-state index contributed by atoms with van der Waals surface area (Å²) in [7, 11) is 1.88. The zero-order valence-electron chi connectivity index (χ0n) is 9.06. The number of benzene rings is 1. The zero-order valence-corrected chi connectivity index (χ0v) is 9.06. The van der Waals surface area contributed by atoms with Gasteiger partial charge in [-0.3, -0.25) is 4.79 Å². The molecule has 0 N–H and O–H groups in total. The minimum atomic E-state index is -0.177. The van der Waals surface area contributed by atoms with Crippen LogP contribution in [0.4, 0.5) is 5.69 Å². The molecule has 1 aromatic carbocycles. The van der Waals surface area contributed by atoms with Crippen molar-refractivity contribution in [2.24, 2.45) is 4.99 Å². The lowest BCUT2D eigenvalue weighted by Crippen LogP contribution is -2.29. The molecule has 4 nitrogen and oxygen atoms in total. The van der Waals surface area contributed by atoms with Gasteiger partial charge < -0.3 is 0 Å². The van der Waals surface area contributed by atoms with Crippen LogP contribution in [0.1, 0.15) is 17.3 Å². The summed E-state index contributed by atoms with van der Waals surface area (Å²) in [5.41, 5.74) is 2.26. The molecule has 0 unspecified atom stereocenters. The molecular weight excluding hydrogens is 202 g/mol. The van der Waals surface area contributed by atoms with Crippen LogP contribution in [-0.2, 0) is 0 Å². The quantitative estimate of drug-likeness (QED) is 0.531. The fourth-order valence-corrected chi connectivity index (χ4v) is 2.08. The predicted octanol–water partition coefficient (Wildman–Crippen LogP) is -0.753. The standard InChI is InChI=1S/C12H10N3O/c1-7-5-8-3-4-9-11(15(2)6-13-9)10(8)12(16)14-7/h3-6H,1-2H3/q+1. The van der Waals surface area contributed by atoms with Crippen LogP contribution in [0.5, 0.6) is 0 Å². The highest BCUT2D eigenvalue weighted by molar-refractivity contribution is 6.20. The van der Waals surface area contributed by atoms with Gasteiger partial charge >= 0.3 is 6.34 Å². The third-order valence-corrected chi connectivity index (χ3v) is 2.77. The molecule has 1 aromatic rings. The van der Waals surface area contributed by atoms with Gasteiger partial charge in [0.15, 0.2) is 0 Å². The van der Waals surface area contributed by atoms with E-state index in [0.717, 1.165) is 22.0 Å². The number of carbonyl (C=O) groups excluding carboxylic acids is 1. The summed E-state index contributed by atoms with van der Waals surface area (Å²) in [6.45, 7) is 1.83. The third-order valence-electron chi connectivity index (χ3n) is 2.77. The molecule has 1 amide bonds. The van der Waals surface area contributed by atoms with Crippen LogP contribution in [0.25, 0.3) is 6.08 Å². The Kier molecular flexibility index (Phi) is 1.64. The molecule has 0 radical (unpaired) electrons. The van der Waals surface area contributed by atoms with Crippen LogP contribution in [0.15, 0.2) is 17.1 Å². The number of nitrogens with zero attached hydrogens (tertiary/aromatic N) is 3. The average Bonchev–Trinajstić information content (AvgIpc) is 2.60. The van der Waals surface area contributed by atoms with E-state index < -0.39 is 0 Å². The molecule has 16 heavy (non-hydrogen) atoms. The maximum atomic E-state index is 11.9. The molecule has 0 fully saturated rings. The molecule has 3 rings (SSSR count). The van der Waals surface area contributed by atoms with Crippen molar-refractivity contribution in [3.8, 4) is 0 Å². The van der Waals surface area contributed by atoms with Crippen molar-refractivity contribution in [2.75, 3.05) is 11.9 Å². The average molecular weight is 212 g/mol. The molecule has 0 aliphatic carbocycles. The van der Waals surface area contributed by atoms with Crippen molar-refractivity contribution in [1.29, 1.82) is 0 Å². The first-order chi connectivity index (χ1) is 7.66. The lowest BCUT2D eigenvalue weighted by Gasteiger charge is -2.08. The van der Waals surface area contributed by atoms with Crippen molar-refractivity contribution in [3.05, 3.63) is 28.3 Å². The van der Waals surface area contributed by atoms with Crippen molar-refractivity contribution >= 4 is 29.7 Å². The summed E-state index contributed by atoms with van der Waals surface area (Å²) in [4.78, 5) is 17.7. The SMILES string of the molecule is CC1=NC(=O)c2c3c(ccc2=C1)=[N+]=CN3C. The third kappa shape index (κ3) is 1.08. The Morgan fingerprint density at radius 3 is 3.00 bits per heavy atom. The molecule has 2 aliphatic heterocycles. The number of carbonyl (C=O) groups is 1. The Balaban J connectivity index is 2.47. The molecule has 78 valence electrons. The highest BCUT2D eigenvalue weighted by Crippen LogP contribution is 2.14. The van der Waals surface area contributed by atoms with E-state index in [2.05, 4.69) is 9.66 Å². The van der Waals surface area contributed by atoms with Crippen molar-refractivity contribution in [2.45, 2.75) is 6.92 Å². The first-order valence-electron chi connectivity index (χ1n) is 5.05. The number of hydrogen-bond donors (Lipinski definition) is 0. The van der Waals surface area contributed by atoms with E-state index in [1.54, 1.807) is 6.34 Å². The second kappa shape index (κ2) is 2.90. The van der Waals surface area contributed by atoms with E-state index >= 15 is 0 Å². The highest BCUT2D eigenvalue weighted by atomic mass is 16.1. The monoisotopic (exact) mass is 212 g/mol. The number of hydrogen-bond acceptors (Lipinski definition) is 2. The summed E-state index contributed by atoms with van der Waals surface area (Å²) in [6, 6.07) is 3.84. The van der Waals surface area contributed by atoms with Crippen molar-refractivity contribution in [3.63, 3.8) is 0 Å². The minimum absolute atomic E-state index is 0.177. The maximum Gasteiger partial charge on any atom is 0.339 e. The maximum absolute atomic E-state index is 11.9. The number of rotatable bonds is 0. The second-order valence-electron chi connectivity index (χ2n) is 3.96. The Labute approximate surface area is 92.0 Å². The molecule has 2 heterocycles. The van der Waals surface area contributed by atoms with Gasteiger partial charge in [-0.2, -0.15) is 0 Å². The van der Waals surface area contributed by atoms with E-state index in [1.165, 1.54) is 0 Å². The summed E-state index contributed by atoms with van der Waals surface area (Å²) in [6.07, 6.45) is 3.63. The number of aliphatic imine (C=N–C) groups is 1. The van der Waals surface area contributed by atoms with Gasteiger partial charge in [0.2, 0.25) is 5.69 Å². The van der Waals surface area contributed by atoms with Crippen LogP contribution in [0.2, 0.25) is 0 Å². The molecule has 0 spiro atoms. The molecule has 0 bridgehead atoms. The molecule has 0 saturated carbocycles. The van der Waals surface area contributed by atoms with E-state index in [0.29, 0.717) is 5.56 Å². The fraction of sp³-hybridized carbons (Fsp3) is 0.167. The summed E-state index contributed by atoms with van der Waals surface area (Å²) >= 11 is 0. The van der Waals surface area contributed by atoms with Gasteiger partial charge in [-0.15, -0.1) is 0 Å². The zero-order chi connectivity index (χ0) is 11.3. The van der Waals surface area contributed by atoms with Gasteiger partial charge in [-0.1, -0.05) is 0 Å². The number of amides is 1. The van der Waals surface area contributed by atoms with E-state index in [4.69, 9.17) is 0 Å². The smallest absolute Gasteiger partial charge is 0.267 e. The van der Waals surface area contributed by atoms with E-state index in [-0.39, 0.29) is 5.91 Å². The lowest BCUT2D eigenvalue weighted by molar-refractivity contribution is 0.100. The molecule has 0 atom stereocenters. The van der Waals surface area contributed by atoms with Crippen LogP contribution in [0, 0.1) is 0 Å². The first kappa shape index (κ1) is 9.07. The van der Waals surface area contributed by atoms with Crippen LogP contribution < -0.4 is 20.1 Å². The van der Waals surface area contributed by atoms with Gasteiger partial charge in [-0.05, 0) is 24.3 Å². The topological polar surface area (TPSA) is 46.8 Å². The summed E-state index contributed by atoms with van der Waals surface area (Å²) in [5, 5.41) is 1.76. The Bertz CT molecular complexity index is 694. The van der Waals surface area contributed by atoms with Crippen LogP contribution in [0.3, 0.4) is 0 Å². The van der Waals surface area contributed by atoms with E-state index in [1.807, 2.05) is 37.1 Å². The van der Waals surface area contributed by atoms with Crippen molar-refractivity contribution < 1.29 is 4.79 Å². The van der Waals surface area contributed by atoms with Gasteiger partial charge in [0.25, 0.3) is 11.3 Å². The Morgan fingerprint density at radius 2 is 2.19 bits per heavy atom. The number of fused-ring (bicyclic) bond motifs is 3. The molecule has 0 saturated heterocycles. The normalized spacial score (nSPS) is 16.2. The fourth-order valence-electron chi connectivity index (χ4n) is 2.08. The molecule has 2 aliphatic rings. The van der Waals surface area contributed by atoms with Gasteiger partial charge in [0.05, 0.1) is 7.05 Å². The van der Waals surface area contributed by atoms with Crippen LogP contribution in [-0.4, -0.2) is 25.0 Å². The Morgan fingerprint density at radius 1 is 1.38 bits per heavy atom. The first-order valence-corrected chi connectivity index (χ1v) is 5.05. The molecule has 0 aromatic heterocycles. The number of anilines is 1. The van der Waals surface area contributed by atoms with Crippen LogP contribution >= 0.6 is 0 Å². The predicted molar refractivity (Wildman–Crippen MR) is 63.3 cm³/mol. The second-order valence-corrected chi connectivity index (χ2v) is 3.96. The molecule has 4 heteroatoms. The molecular formula is C12H10N3O+. The Hall–Kier alpha value is -2.19. The summed E-state index contributed by atoms with van der Waals surface area (Å²) in [5.74, 6) is -0.177. The van der Waals surface area contributed by atoms with E-state index in [9.17, 15) is 4.79 Å². The van der Waals surface area contributed by atoms with Crippen molar-refractivity contribution in [1.82, 2.24) is 4.67 Å². The largest absolute Gasteiger partial charge is 0.339 e.